The molecule has 0 radical (unpaired) electrons. The second-order valence-corrected chi connectivity index (χ2v) is 6.31. The van der Waals surface area contributed by atoms with Crippen molar-refractivity contribution in [3.05, 3.63) is 66.0 Å². The van der Waals surface area contributed by atoms with Crippen LogP contribution in [0.4, 0.5) is 0 Å². The van der Waals surface area contributed by atoms with Crippen molar-refractivity contribution in [2.45, 2.75) is 51.9 Å². The van der Waals surface area contributed by atoms with E-state index in [0.717, 1.165) is 18.7 Å². The Balaban J connectivity index is 0.00000288. The van der Waals surface area contributed by atoms with Crippen LogP contribution >= 0.6 is 0 Å². The van der Waals surface area contributed by atoms with E-state index in [0.29, 0.717) is 0 Å². The van der Waals surface area contributed by atoms with E-state index in [4.69, 9.17) is 0 Å². The third-order valence-electron chi connectivity index (χ3n) is 4.41. The van der Waals surface area contributed by atoms with Gasteiger partial charge in [0.05, 0.1) is 6.10 Å². The van der Waals surface area contributed by atoms with Crippen molar-refractivity contribution in [3.63, 3.8) is 0 Å². The Morgan fingerprint density at radius 1 is 1.12 bits per heavy atom. The van der Waals surface area contributed by atoms with Crippen LogP contribution in [0.3, 0.4) is 0 Å². The van der Waals surface area contributed by atoms with Crippen LogP contribution in [-0.2, 0) is 13.1 Å². The first kappa shape index (κ1) is 20.8. The van der Waals surface area contributed by atoms with Gasteiger partial charge in [0.15, 0.2) is 12.4 Å². The van der Waals surface area contributed by atoms with Crippen molar-refractivity contribution in [2.75, 3.05) is 7.05 Å². The van der Waals surface area contributed by atoms with Gasteiger partial charge in [0.2, 0.25) is 0 Å². The van der Waals surface area contributed by atoms with Gasteiger partial charge in [-0.3, -0.25) is 4.90 Å². The number of aryl methyl sites for hydroxylation is 1. The monoisotopic (exact) mass is 392 g/mol. The summed E-state index contributed by atoms with van der Waals surface area (Å²) in [6, 6.07) is 14.2. The largest absolute Gasteiger partial charge is 1.00 e. The van der Waals surface area contributed by atoms with Crippen molar-refractivity contribution >= 4 is 0 Å². The standard InChI is InChI=1S/C20H29N2O.BrH/c1-4-5-13-22-14-9-10-18(16-22)15-21(3)17(2)20(23)19-11-7-6-8-12-19;/h6-12,14,16-17,20,23H,4-5,13,15H2,1-3H3;1H/q+1;/p-1/t17-,20-;/m0./s1. The number of aromatic nitrogens is 1. The quantitative estimate of drug-likeness (QED) is 0.655. The van der Waals surface area contributed by atoms with E-state index in [2.05, 4.69) is 54.9 Å². The molecule has 0 saturated heterocycles. The number of nitrogens with zero attached hydrogens (tertiary/aromatic N) is 2. The van der Waals surface area contributed by atoms with Crippen LogP contribution in [-0.4, -0.2) is 23.1 Å². The van der Waals surface area contributed by atoms with Gasteiger partial charge in [0, 0.05) is 30.6 Å². The van der Waals surface area contributed by atoms with Gasteiger partial charge in [-0.15, -0.1) is 0 Å². The van der Waals surface area contributed by atoms with Crippen LogP contribution in [0.15, 0.2) is 54.9 Å². The van der Waals surface area contributed by atoms with Gasteiger partial charge in [-0.05, 0) is 25.6 Å². The van der Waals surface area contributed by atoms with Gasteiger partial charge in [0.1, 0.15) is 6.54 Å². The molecule has 1 N–H and O–H groups in total. The Hall–Kier alpha value is -1.23. The number of aliphatic hydroxyl groups excluding tert-OH is 1. The molecule has 0 saturated carbocycles. The van der Waals surface area contributed by atoms with Gasteiger partial charge in [-0.1, -0.05) is 43.7 Å². The maximum Gasteiger partial charge on any atom is 0.173 e. The number of halogens is 1. The summed E-state index contributed by atoms with van der Waals surface area (Å²) in [6.45, 7) is 6.19. The Bertz CT molecular complexity index is 591. The van der Waals surface area contributed by atoms with E-state index < -0.39 is 6.10 Å². The summed E-state index contributed by atoms with van der Waals surface area (Å²) < 4.78 is 2.25. The van der Waals surface area contributed by atoms with Crippen LogP contribution < -0.4 is 21.5 Å². The molecule has 0 aliphatic rings. The average molecular weight is 393 g/mol. The fourth-order valence-electron chi connectivity index (χ4n) is 2.75. The molecule has 4 heteroatoms. The SMILES string of the molecule is CCCC[n+]1cccc(CN(C)[C@@H](C)[C@H](O)c2ccccc2)c1.[Br-]. The summed E-state index contributed by atoms with van der Waals surface area (Å²) in [6.07, 6.45) is 6.27. The summed E-state index contributed by atoms with van der Waals surface area (Å²) in [5.74, 6) is 0. The van der Waals surface area contributed by atoms with E-state index in [9.17, 15) is 5.11 Å². The van der Waals surface area contributed by atoms with E-state index in [1.54, 1.807) is 0 Å². The predicted molar refractivity (Wildman–Crippen MR) is 93.9 cm³/mol. The molecule has 24 heavy (non-hydrogen) atoms. The summed E-state index contributed by atoms with van der Waals surface area (Å²) in [7, 11) is 2.07. The topological polar surface area (TPSA) is 27.4 Å². The Kier molecular flexibility index (Phi) is 9.19. The van der Waals surface area contributed by atoms with Crippen LogP contribution in [0, 0.1) is 0 Å². The molecule has 132 valence electrons. The van der Waals surface area contributed by atoms with Crippen molar-refractivity contribution < 1.29 is 26.7 Å². The molecule has 3 nitrogen and oxygen atoms in total. The molecular formula is C20H29BrN2O. The Morgan fingerprint density at radius 2 is 1.83 bits per heavy atom. The number of likely N-dealkylation sites (N-methyl/N-ethyl adjacent to an activating group) is 1. The minimum absolute atomic E-state index is 0. The fraction of sp³-hybridized carbons (Fsp3) is 0.450. The lowest BCUT2D eigenvalue weighted by Gasteiger charge is -2.28. The number of unbranched alkanes of at least 4 members (excludes halogenated alkanes) is 1. The normalized spacial score (nSPS) is 13.4. The number of rotatable bonds is 8. The average Bonchev–Trinajstić information content (AvgIpc) is 2.59. The van der Waals surface area contributed by atoms with Gasteiger partial charge in [-0.25, -0.2) is 4.57 Å². The van der Waals surface area contributed by atoms with Crippen LogP contribution in [0.25, 0.3) is 0 Å². The first-order chi connectivity index (χ1) is 11.1. The molecule has 0 unspecified atom stereocenters. The summed E-state index contributed by atoms with van der Waals surface area (Å²) >= 11 is 0. The molecular weight excluding hydrogens is 364 g/mol. The summed E-state index contributed by atoms with van der Waals surface area (Å²) in [5, 5.41) is 10.6. The van der Waals surface area contributed by atoms with Crippen molar-refractivity contribution in [3.8, 4) is 0 Å². The minimum Gasteiger partial charge on any atom is -1.00 e. The highest BCUT2D eigenvalue weighted by atomic mass is 79.9. The summed E-state index contributed by atoms with van der Waals surface area (Å²) in [5.41, 5.74) is 2.25. The maximum absolute atomic E-state index is 10.6. The second kappa shape index (κ2) is 10.6. The van der Waals surface area contributed by atoms with Gasteiger partial charge in [-0.2, -0.15) is 0 Å². The van der Waals surface area contributed by atoms with E-state index in [-0.39, 0.29) is 23.0 Å². The zero-order valence-corrected chi connectivity index (χ0v) is 16.5. The summed E-state index contributed by atoms with van der Waals surface area (Å²) in [4.78, 5) is 2.21. The molecule has 0 aliphatic carbocycles. The molecule has 2 rings (SSSR count). The predicted octanol–water partition coefficient (Wildman–Crippen LogP) is 0.332. The van der Waals surface area contributed by atoms with Crippen LogP contribution in [0.2, 0.25) is 0 Å². The third kappa shape index (κ3) is 6.00. The van der Waals surface area contributed by atoms with Crippen molar-refractivity contribution in [2.24, 2.45) is 0 Å². The molecule has 0 fully saturated rings. The first-order valence-electron chi connectivity index (χ1n) is 8.53. The fourth-order valence-corrected chi connectivity index (χ4v) is 2.75. The minimum atomic E-state index is -0.475. The van der Waals surface area contributed by atoms with Crippen molar-refractivity contribution in [1.29, 1.82) is 0 Å². The van der Waals surface area contributed by atoms with Crippen LogP contribution in [0.5, 0.6) is 0 Å². The molecule has 2 aromatic rings. The first-order valence-corrected chi connectivity index (χ1v) is 8.53. The highest BCUT2D eigenvalue weighted by molar-refractivity contribution is 5.18. The lowest BCUT2D eigenvalue weighted by atomic mass is 10.0. The molecule has 0 aliphatic heterocycles. The van der Waals surface area contributed by atoms with E-state index >= 15 is 0 Å². The van der Waals surface area contributed by atoms with Gasteiger partial charge < -0.3 is 22.1 Å². The highest BCUT2D eigenvalue weighted by Crippen LogP contribution is 2.20. The molecule has 1 heterocycles. The lowest BCUT2D eigenvalue weighted by molar-refractivity contribution is -0.697. The van der Waals surface area contributed by atoms with Crippen molar-refractivity contribution in [1.82, 2.24) is 4.90 Å². The molecule has 1 aromatic heterocycles. The molecule has 0 amide bonds. The number of benzene rings is 1. The molecule has 0 bridgehead atoms. The molecule has 1 aromatic carbocycles. The smallest absolute Gasteiger partial charge is 0.173 e. The zero-order valence-electron chi connectivity index (χ0n) is 14.9. The Morgan fingerprint density at radius 3 is 2.50 bits per heavy atom. The maximum atomic E-state index is 10.6. The number of pyridine rings is 1. The van der Waals surface area contributed by atoms with E-state index in [1.165, 1.54) is 18.4 Å². The second-order valence-electron chi connectivity index (χ2n) is 6.31. The van der Waals surface area contributed by atoms with E-state index in [1.807, 2.05) is 30.3 Å². The number of aliphatic hydroxyl groups is 1. The lowest BCUT2D eigenvalue weighted by Crippen LogP contribution is -3.00. The highest BCUT2D eigenvalue weighted by Gasteiger charge is 2.20. The van der Waals surface area contributed by atoms with Crippen LogP contribution in [0.1, 0.15) is 43.9 Å². The zero-order chi connectivity index (χ0) is 16.7. The Labute approximate surface area is 156 Å². The number of hydrogen-bond acceptors (Lipinski definition) is 2. The van der Waals surface area contributed by atoms with Gasteiger partial charge in [0.25, 0.3) is 0 Å². The third-order valence-corrected chi connectivity index (χ3v) is 4.41. The molecule has 0 spiro atoms. The number of hydrogen-bond donors (Lipinski definition) is 1. The van der Waals surface area contributed by atoms with Gasteiger partial charge >= 0.3 is 0 Å². The molecule has 2 atom stereocenters.